The molecule has 0 radical (unpaired) electrons. The highest BCUT2D eigenvalue weighted by Crippen LogP contribution is 2.15. The largest absolute Gasteiger partial charge is 0.349 e. The Hall–Kier alpha value is -1.40. The van der Waals surface area contributed by atoms with Crippen molar-refractivity contribution in [3.63, 3.8) is 0 Å². The summed E-state index contributed by atoms with van der Waals surface area (Å²) in [5.41, 5.74) is 2.64. The molecule has 0 aliphatic carbocycles. The molecular weight excluding hydrogens is 266 g/mol. The molecule has 6 nitrogen and oxygen atoms in total. The fourth-order valence-corrected chi connectivity index (χ4v) is 2.91. The predicted octanol–water partition coefficient (Wildman–Crippen LogP) is 0.904. The summed E-state index contributed by atoms with van der Waals surface area (Å²) in [7, 11) is 0. The van der Waals surface area contributed by atoms with E-state index in [1.54, 1.807) is 0 Å². The van der Waals surface area contributed by atoms with Crippen LogP contribution < -0.4 is 10.6 Å². The van der Waals surface area contributed by atoms with Crippen LogP contribution in [0, 0.1) is 0 Å². The van der Waals surface area contributed by atoms with Gasteiger partial charge >= 0.3 is 0 Å². The lowest BCUT2D eigenvalue weighted by molar-refractivity contribution is 0.0933. The summed E-state index contributed by atoms with van der Waals surface area (Å²) in [5, 5.41) is 13.4. The van der Waals surface area contributed by atoms with E-state index >= 15 is 0 Å². The number of nitrogens with one attached hydrogen (secondary N) is 3. The zero-order valence-electron chi connectivity index (χ0n) is 13.5. The molecular formula is C15H27N5O. The smallest absolute Gasteiger partial charge is 0.272 e. The van der Waals surface area contributed by atoms with Crippen LogP contribution in [0.25, 0.3) is 0 Å². The Kier molecular flexibility index (Phi) is 5.36. The maximum atomic E-state index is 12.3. The van der Waals surface area contributed by atoms with Crippen LogP contribution in [0.3, 0.4) is 0 Å². The average molecular weight is 293 g/mol. The zero-order valence-corrected chi connectivity index (χ0v) is 13.5. The van der Waals surface area contributed by atoms with E-state index in [2.05, 4.69) is 53.4 Å². The van der Waals surface area contributed by atoms with Crippen molar-refractivity contribution in [2.45, 2.75) is 52.7 Å². The molecule has 118 valence electrons. The van der Waals surface area contributed by atoms with Crippen LogP contribution in [0.4, 0.5) is 0 Å². The Labute approximate surface area is 126 Å². The van der Waals surface area contributed by atoms with Gasteiger partial charge in [0.25, 0.3) is 5.91 Å². The zero-order chi connectivity index (χ0) is 15.4. The molecule has 0 saturated carbocycles. The maximum absolute atomic E-state index is 12.3. The van der Waals surface area contributed by atoms with Gasteiger partial charge in [0.05, 0.1) is 0 Å². The number of hydrogen-bond acceptors (Lipinski definition) is 4. The van der Waals surface area contributed by atoms with Crippen molar-refractivity contribution >= 4 is 5.91 Å². The van der Waals surface area contributed by atoms with Gasteiger partial charge in [-0.15, -0.1) is 0 Å². The van der Waals surface area contributed by atoms with Crippen molar-refractivity contribution in [1.29, 1.82) is 0 Å². The van der Waals surface area contributed by atoms with Crippen LogP contribution >= 0.6 is 0 Å². The van der Waals surface area contributed by atoms with Gasteiger partial charge in [0.2, 0.25) is 0 Å². The predicted molar refractivity (Wildman–Crippen MR) is 83.3 cm³/mol. The summed E-state index contributed by atoms with van der Waals surface area (Å²) >= 11 is 0. The van der Waals surface area contributed by atoms with Crippen LogP contribution in [0.15, 0.2) is 0 Å². The first-order valence-corrected chi connectivity index (χ1v) is 7.81. The lowest BCUT2D eigenvalue weighted by Gasteiger charge is -2.30. The van der Waals surface area contributed by atoms with Gasteiger partial charge in [0.1, 0.15) is 0 Å². The number of hydrogen-bond donors (Lipinski definition) is 3. The molecule has 1 aliphatic rings. The number of fused-ring (bicyclic) bond motifs is 1. The highest BCUT2D eigenvalue weighted by atomic mass is 16.1. The number of rotatable bonds is 6. The summed E-state index contributed by atoms with van der Waals surface area (Å²) in [6, 6.07) is 0.952. The second-order valence-corrected chi connectivity index (χ2v) is 6.14. The van der Waals surface area contributed by atoms with E-state index in [9.17, 15) is 4.79 Å². The van der Waals surface area contributed by atoms with Crippen molar-refractivity contribution in [2.75, 3.05) is 19.6 Å². The average Bonchev–Trinajstić information content (AvgIpc) is 2.86. The Morgan fingerprint density at radius 3 is 2.71 bits per heavy atom. The number of aromatic amines is 1. The second kappa shape index (κ2) is 7.04. The fraction of sp³-hybridized carbons (Fsp3) is 0.733. The Morgan fingerprint density at radius 1 is 1.33 bits per heavy atom. The SMILES string of the molecule is CC(C)N(CCNC(=O)c1n[nH]c2c1CNCC2)C(C)C. The molecule has 0 aromatic carbocycles. The highest BCUT2D eigenvalue weighted by Gasteiger charge is 2.21. The van der Waals surface area contributed by atoms with Crippen LogP contribution in [0.1, 0.15) is 49.4 Å². The number of amides is 1. The molecule has 0 bridgehead atoms. The van der Waals surface area contributed by atoms with Crippen LogP contribution in [-0.4, -0.2) is 52.7 Å². The third kappa shape index (κ3) is 3.83. The molecule has 0 fully saturated rings. The molecule has 1 aromatic rings. The highest BCUT2D eigenvalue weighted by molar-refractivity contribution is 5.94. The molecule has 0 atom stereocenters. The first-order chi connectivity index (χ1) is 10.0. The molecule has 0 unspecified atom stereocenters. The molecule has 1 aromatic heterocycles. The molecule has 1 aliphatic heterocycles. The summed E-state index contributed by atoms with van der Waals surface area (Å²) in [4.78, 5) is 14.6. The number of carbonyl (C=O) groups is 1. The molecule has 0 saturated heterocycles. The van der Waals surface area contributed by atoms with Crippen molar-refractivity contribution in [2.24, 2.45) is 0 Å². The number of carbonyl (C=O) groups excluding carboxylic acids is 1. The minimum Gasteiger partial charge on any atom is -0.349 e. The standard InChI is InChI=1S/C15H27N5O/c1-10(2)20(11(3)4)8-7-17-15(21)14-12-9-16-6-5-13(12)18-19-14/h10-11,16H,5-9H2,1-4H3,(H,17,21)(H,18,19). The number of H-pyrrole nitrogens is 1. The van der Waals surface area contributed by atoms with E-state index in [1.165, 1.54) is 0 Å². The maximum Gasteiger partial charge on any atom is 0.272 e. The minimum atomic E-state index is -0.0799. The topological polar surface area (TPSA) is 73.0 Å². The van der Waals surface area contributed by atoms with E-state index < -0.39 is 0 Å². The van der Waals surface area contributed by atoms with E-state index in [-0.39, 0.29) is 5.91 Å². The van der Waals surface area contributed by atoms with Crippen molar-refractivity contribution in [1.82, 2.24) is 25.7 Å². The van der Waals surface area contributed by atoms with Crippen molar-refractivity contribution < 1.29 is 4.79 Å². The first kappa shape index (κ1) is 16.0. The Balaban J connectivity index is 1.89. The molecule has 0 spiro atoms. The summed E-state index contributed by atoms with van der Waals surface area (Å²) in [6.07, 6.45) is 0.907. The Morgan fingerprint density at radius 2 is 2.05 bits per heavy atom. The third-order valence-electron chi connectivity index (χ3n) is 4.00. The quantitative estimate of drug-likeness (QED) is 0.729. The molecule has 2 heterocycles. The fourth-order valence-electron chi connectivity index (χ4n) is 2.91. The van der Waals surface area contributed by atoms with E-state index in [4.69, 9.17) is 0 Å². The number of aromatic nitrogens is 2. The summed E-state index contributed by atoms with van der Waals surface area (Å²) in [6.45, 7) is 11.9. The minimum absolute atomic E-state index is 0.0799. The molecule has 2 rings (SSSR count). The normalized spacial score (nSPS) is 14.8. The third-order valence-corrected chi connectivity index (χ3v) is 4.00. The van der Waals surface area contributed by atoms with Gasteiger partial charge in [-0.2, -0.15) is 5.10 Å². The van der Waals surface area contributed by atoms with Crippen molar-refractivity contribution in [3.8, 4) is 0 Å². The molecule has 3 N–H and O–H groups in total. The van der Waals surface area contributed by atoms with Gasteiger partial charge in [-0.05, 0) is 27.7 Å². The monoisotopic (exact) mass is 293 g/mol. The molecule has 1 amide bonds. The van der Waals surface area contributed by atoms with Crippen LogP contribution in [0.5, 0.6) is 0 Å². The lowest BCUT2D eigenvalue weighted by Crippen LogP contribution is -2.42. The van der Waals surface area contributed by atoms with E-state index in [1.807, 2.05) is 0 Å². The van der Waals surface area contributed by atoms with E-state index in [0.29, 0.717) is 24.3 Å². The van der Waals surface area contributed by atoms with Gasteiger partial charge in [-0.25, -0.2) is 0 Å². The van der Waals surface area contributed by atoms with Gasteiger partial charge in [0, 0.05) is 55.9 Å². The van der Waals surface area contributed by atoms with Gasteiger partial charge in [0.15, 0.2) is 5.69 Å². The summed E-state index contributed by atoms with van der Waals surface area (Å²) in [5.74, 6) is -0.0799. The Bertz CT molecular complexity index is 472. The second-order valence-electron chi connectivity index (χ2n) is 6.14. The first-order valence-electron chi connectivity index (χ1n) is 7.81. The van der Waals surface area contributed by atoms with Gasteiger partial charge < -0.3 is 10.6 Å². The van der Waals surface area contributed by atoms with Gasteiger partial charge in [-0.3, -0.25) is 14.8 Å². The van der Waals surface area contributed by atoms with Gasteiger partial charge in [-0.1, -0.05) is 0 Å². The van der Waals surface area contributed by atoms with Crippen LogP contribution in [-0.2, 0) is 13.0 Å². The lowest BCUT2D eigenvalue weighted by atomic mass is 10.1. The number of nitrogens with zero attached hydrogens (tertiary/aromatic N) is 2. The van der Waals surface area contributed by atoms with E-state index in [0.717, 1.165) is 37.3 Å². The molecule has 21 heavy (non-hydrogen) atoms. The van der Waals surface area contributed by atoms with Crippen molar-refractivity contribution in [3.05, 3.63) is 17.0 Å². The molecule has 6 heteroatoms. The van der Waals surface area contributed by atoms with Crippen LogP contribution in [0.2, 0.25) is 0 Å². The summed E-state index contributed by atoms with van der Waals surface area (Å²) < 4.78 is 0.